The van der Waals surface area contributed by atoms with E-state index in [0.717, 1.165) is 58.0 Å². The van der Waals surface area contributed by atoms with Crippen molar-refractivity contribution in [3.63, 3.8) is 0 Å². The lowest BCUT2D eigenvalue weighted by molar-refractivity contribution is -1.04. The second-order valence-corrected chi connectivity index (χ2v) is 7.21. The zero-order valence-electron chi connectivity index (χ0n) is 17.8. The van der Waals surface area contributed by atoms with Crippen molar-refractivity contribution in [1.82, 2.24) is 0 Å². The summed E-state index contributed by atoms with van der Waals surface area (Å²) in [5, 5.41) is 0. The number of hydrogen-bond acceptors (Lipinski definition) is 4. The summed E-state index contributed by atoms with van der Waals surface area (Å²) in [6, 6.07) is 0. The maximum atomic E-state index is 6.23. The quantitative estimate of drug-likeness (QED) is 0.159. The molecule has 160 valence electrons. The van der Waals surface area contributed by atoms with Crippen molar-refractivity contribution in [3.05, 3.63) is 0 Å². The van der Waals surface area contributed by atoms with Crippen LogP contribution >= 0.6 is 0 Å². The molecular weight excluding hydrogens is 329 g/mol. The van der Waals surface area contributed by atoms with Crippen LogP contribution in [0, 0.1) is 0 Å². The molecule has 0 spiro atoms. The third-order valence-corrected chi connectivity index (χ3v) is 4.14. The summed E-state index contributed by atoms with van der Waals surface area (Å²) in [4.78, 5) is 0. The van der Waals surface area contributed by atoms with Crippen LogP contribution in [0.25, 0.3) is 0 Å². The van der Waals surface area contributed by atoms with Gasteiger partial charge in [0.05, 0.1) is 40.5 Å². The summed E-state index contributed by atoms with van der Waals surface area (Å²) < 4.78 is 25.0. The Hall–Kier alpha value is -0.135. The highest BCUT2D eigenvalue weighted by molar-refractivity contribution is 5.75. The van der Waals surface area contributed by atoms with E-state index < -0.39 is 6.10 Å². The molecule has 0 rings (SSSR count). The maximum Gasteiger partial charge on any atom is 0.451 e. The van der Waals surface area contributed by atoms with Crippen LogP contribution in [-0.4, -0.2) is 66.2 Å². The second-order valence-electron chi connectivity index (χ2n) is 7.21. The molecule has 0 heterocycles. The van der Waals surface area contributed by atoms with E-state index >= 15 is 0 Å². The average molecular weight is 377 g/mol. The summed E-state index contributed by atoms with van der Waals surface area (Å²) in [5.41, 5.74) is 0. The molecule has 0 radical (unpaired) electrons. The van der Waals surface area contributed by atoms with Gasteiger partial charge < -0.3 is 4.74 Å². The van der Waals surface area contributed by atoms with E-state index in [1.807, 2.05) is 0 Å². The van der Waals surface area contributed by atoms with Crippen molar-refractivity contribution in [2.45, 2.75) is 85.2 Å². The molecule has 0 unspecified atom stereocenters. The molecule has 0 bridgehead atoms. The van der Waals surface area contributed by atoms with Gasteiger partial charge in [-0.2, -0.15) is 0 Å². The molecule has 0 aromatic heterocycles. The van der Waals surface area contributed by atoms with Crippen LogP contribution in [0.1, 0.15) is 79.1 Å². The minimum Gasteiger partial charge on any atom is -0.331 e. The average Bonchev–Trinajstić information content (AvgIpc) is 2.58. The highest BCUT2D eigenvalue weighted by Crippen LogP contribution is 2.28. The van der Waals surface area contributed by atoms with E-state index in [9.17, 15) is 0 Å². The number of hydrogen-bond donors (Lipinski definition) is 0. The minimum absolute atomic E-state index is 0. The van der Waals surface area contributed by atoms with Crippen LogP contribution < -0.4 is 0 Å². The third-order valence-electron chi connectivity index (χ3n) is 4.14. The maximum absolute atomic E-state index is 6.23. The smallest absolute Gasteiger partial charge is 0.331 e. The monoisotopic (exact) mass is 377 g/mol. The zero-order chi connectivity index (χ0) is 19.0. The van der Waals surface area contributed by atoms with E-state index in [-0.39, 0.29) is 8.41 Å². The van der Waals surface area contributed by atoms with E-state index in [4.69, 9.17) is 18.9 Å². The molecule has 26 heavy (non-hydrogen) atoms. The summed E-state index contributed by atoms with van der Waals surface area (Å²) in [6.07, 6.45) is 7.34. The highest BCUT2D eigenvalue weighted by Gasteiger charge is 2.51. The van der Waals surface area contributed by atoms with Crippen molar-refractivity contribution < 1.29 is 23.4 Å². The molecule has 0 aromatic rings. The van der Waals surface area contributed by atoms with Gasteiger partial charge in [0.2, 0.25) is 0 Å². The molecule has 0 aliphatic carbocycles. The lowest BCUT2D eigenvalue weighted by Crippen LogP contribution is -2.65. The molecule has 5 nitrogen and oxygen atoms in total. The summed E-state index contributed by atoms with van der Waals surface area (Å²) in [7, 11) is 4.13. The van der Waals surface area contributed by atoms with Crippen LogP contribution in [0.4, 0.5) is 0 Å². The first kappa shape index (κ1) is 28.1. The van der Waals surface area contributed by atoms with E-state index in [1.165, 1.54) is 0 Å². The van der Waals surface area contributed by atoms with Gasteiger partial charge in [0.15, 0.2) is 6.73 Å². The van der Waals surface area contributed by atoms with E-state index in [0.29, 0.717) is 31.0 Å². The first-order valence-electron chi connectivity index (χ1n) is 10.3. The number of ether oxygens (including phenoxy) is 4. The van der Waals surface area contributed by atoms with Gasteiger partial charge in [0.25, 0.3) is 0 Å². The van der Waals surface area contributed by atoms with Gasteiger partial charge in [-0.15, -0.1) is 0 Å². The number of quaternary nitrogens is 1. The Morgan fingerprint density at radius 2 is 0.962 bits per heavy atom. The van der Waals surface area contributed by atoms with Crippen LogP contribution in [0.15, 0.2) is 0 Å². The van der Waals surface area contributed by atoms with Crippen molar-refractivity contribution in [1.29, 1.82) is 0 Å². The first-order valence-corrected chi connectivity index (χ1v) is 10.3. The van der Waals surface area contributed by atoms with Crippen molar-refractivity contribution in [3.8, 4) is 0 Å². The Bertz CT molecular complexity index is 277. The Morgan fingerprint density at radius 1 is 0.615 bits per heavy atom. The largest absolute Gasteiger partial charge is 0.451 e. The molecule has 0 aliphatic heterocycles. The second kappa shape index (κ2) is 17.0. The minimum atomic E-state index is -1.09. The topological polar surface area (TPSA) is 36.9 Å². The van der Waals surface area contributed by atoms with Gasteiger partial charge >= 0.3 is 6.10 Å². The Kier molecular flexibility index (Phi) is 18.4. The van der Waals surface area contributed by atoms with Gasteiger partial charge in [0, 0.05) is 0 Å². The first-order chi connectivity index (χ1) is 12.0. The van der Waals surface area contributed by atoms with Gasteiger partial charge in [-0.25, -0.2) is 4.48 Å². The van der Waals surface area contributed by atoms with Gasteiger partial charge in [-0.05, 0) is 25.7 Å². The molecular formula is C20H48BNO4. The molecule has 0 saturated carbocycles. The predicted molar refractivity (Wildman–Crippen MR) is 114 cm³/mol. The van der Waals surface area contributed by atoms with Crippen molar-refractivity contribution in [2.24, 2.45) is 0 Å². The molecule has 0 fully saturated rings. The SMILES string of the molecule is CCCCOC[N+](C)(C)C(OCCCC)(OCCCC)OCCCC.[BH4-]. The lowest BCUT2D eigenvalue weighted by Gasteiger charge is -2.44. The Morgan fingerprint density at radius 3 is 1.31 bits per heavy atom. The molecule has 0 saturated heterocycles. The molecule has 0 N–H and O–H groups in total. The van der Waals surface area contributed by atoms with Crippen molar-refractivity contribution in [2.75, 3.05) is 47.3 Å². The summed E-state index contributed by atoms with van der Waals surface area (Å²) >= 11 is 0. The van der Waals surface area contributed by atoms with Crippen LogP contribution in [0.3, 0.4) is 0 Å². The van der Waals surface area contributed by atoms with Crippen LogP contribution in [-0.2, 0) is 18.9 Å². The summed E-state index contributed by atoms with van der Waals surface area (Å²) in [6.45, 7) is 11.8. The normalized spacial score (nSPS) is 12.2. The number of rotatable bonds is 18. The fourth-order valence-corrected chi connectivity index (χ4v) is 2.30. The predicted octanol–water partition coefficient (Wildman–Crippen LogP) is 3.45. The van der Waals surface area contributed by atoms with Gasteiger partial charge in [0.1, 0.15) is 0 Å². The third kappa shape index (κ3) is 10.9. The van der Waals surface area contributed by atoms with Gasteiger partial charge in [-0.3, -0.25) is 14.2 Å². The Balaban J connectivity index is 0. The number of nitrogens with zero attached hydrogens (tertiary/aromatic N) is 1. The van der Waals surface area contributed by atoms with Crippen LogP contribution in [0.5, 0.6) is 0 Å². The van der Waals surface area contributed by atoms with Crippen molar-refractivity contribution >= 4 is 8.41 Å². The van der Waals surface area contributed by atoms with E-state index in [1.54, 1.807) is 0 Å². The molecule has 0 aliphatic rings. The Labute approximate surface area is 164 Å². The zero-order valence-corrected chi connectivity index (χ0v) is 17.8. The molecule has 6 heteroatoms. The molecule has 0 aromatic carbocycles. The lowest BCUT2D eigenvalue weighted by atomic mass is 10.3. The summed E-state index contributed by atoms with van der Waals surface area (Å²) in [5.74, 6) is 0. The number of unbranched alkanes of at least 4 members (excludes halogenated alkanes) is 4. The fraction of sp³-hybridized carbons (Fsp3) is 1.00. The van der Waals surface area contributed by atoms with Crippen LogP contribution in [0.2, 0.25) is 0 Å². The highest BCUT2D eigenvalue weighted by atomic mass is 16.9. The molecule has 0 amide bonds. The standard InChI is InChI=1S/C20H44NO4.BH4/c1-7-11-15-22-19-21(5,6)20(23-16-12-8-2,24-17-13-9-3)25-18-14-10-4;/h7-19H2,1-6H3;1H4/q+1;-1. The van der Waals surface area contributed by atoms with E-state index in [2.05, 4.69) is 41.8 Å². The fourth-order valence-electron chi connectivity index (χ4n) is 2.30. The molecule has 0 atom stereocenters. The van der Waals surface area contributed by atoms with Gasteiger partial charge in [-0.1, -0.05) is 61.8 Å².